The van der Waals surface area contributed by atoms with Crippen molar-refractivity contribution in [2.75, 3.05) is 7.11 Å². The Morgan fingerprint density at radius 1 is 1.17 bits per heavy atom. The number of phenolic OH excluding ortho intramolecular Hbond substituents is 2. The van der Waals surface area contributed by atoms with Crippen molar-refractivity contribution in [3.63, 3.8) is 0 Å². The highest BCUT2D eigenvalue weighted by Crippen LogP contribution is 2.49. The lowest BCUT2D eigenvalue weighted by Crippen LogP contribution is -2.44. The van der Waals surface area contributed by atoms with Gasteiger partial charge < -0.3 is 14.9 Å². The Kier molecular flexibility index (Phi) is 3.49. The molecule has 5 nitrogen and oxygen atoms in total. The number of carbonyl (C=O) groups is 1. The summed E-state index contributed by atoms with van der Waals surface area (Å²) in [6, 6.07) is 7.81. The van der Waals surface area contributed by atoms with E-state index in [1.807, 2.05) is 0 Å². The first-order chi connectivity index (χ1) is 10.9. The first kappa shape index (κ1) is 15.3. The number of aromatic hydroxyl groups is 2. The molecule has 0 aliphatic carbocycles. The molecule has 0 amide bonds. The zero-order chi connectivity index (χ0) is 16.8. The number of carbonyl (C=O) groups excluding carboxylic acids is 1. The number of nitrogens with one attached hydrogen (secondary N) is 1. The van der Waals surface area contributed by atoms with Gasteiger partial charge in [-0.15, -0.1) is 0 Å². The second-order valence-electron chi connectivity index (χ2n) is 5.64. The molecule has 3 N–H and O–H groups in total. The van der Waals surface area contributed by atoms with Crippen molar-refractivity contribution < 1.29 is 24.1 Å². The van der Waals surface area contributed by atoms with Gasteiger partial charge in [-0.25, -0.2) is 9.18 Å². The molecule has 0 bridgehead atoms. The molecule has 23 heavy (non-hydrogen) atoms. The summed E-state index contributed by atoms with van der Waals surface area (Å²) in [5.74, 6) is -1.16. The molecule has 2 aromatic carbocycles. The van der Waals surface area contributed by atoms with Gasteiger partial charge >= 0.3 is 5.97 Å². The zero-order valence-electron chi connectivity index (χ0n) is 12.6. The minimum Gasteiger partial charge on any atom is -0.508 e. The smallest absolute Gasteiger partial charge is 0.330 e. The largest absolute Gasteiger partial charge is 0.508 e. The maximum Gasteiger partial charge on any atom is 0.330 e. The van der Waals surface area contributed by atoms with Crippen molar-refractivity contribution >= 4 is 5.97 Å². The Labute approximate surface area is 132 Å². The fourth-order valence-electron chi connectivity index (χ4n) is 3.12. The first-order valence-corrected chi connectivity index (χ1v) is 7.05. The van der Waals surface area contributed by atoms with Crippen LogP contribution in [0.25, 0.3) is 0 Å². The van der Waals surface area contributed by atoms with Crippen LogP contribution in [0.2, 0.25) is 0 Å². The molecule has 0 saturated carbocycles. The van der Waals surface area contributed by atoms with Crippen LogP contribution in [0.4, 0.5) is 4.39 Å². The highest BCUT2D eigenvalue weighted by Gasteiger charge is 2.49. The molecule has 1 aliphatic rings. The van der Waals surface area contributed by atoms with Gasteiger partial charge in [-0.05, 0) is 36.8 Å². The number of hydrogen-bond donors (Lipinski definition) is 3. The lowest BCUT2D eigenvalue weighted by atomic mass is 9.89. The van der Waals surface area contributed by atoms with Gasteiger partial charge in [0.05, 0.1) is 13.2 Å². The topological polar surface area (TPSA) is 78.8 Å². The van der Waals surface area contributed by atoms with Crippen LogP contribution in [-0.2, 0) is 15.1 Å². The average Bonchev–Trinajstić information content (AvgIpc) is 2.87. The second-order valence-corrected chi connectivity index (χ2v) is 5.64. The number of rotatable bonds is 2. The number of hydrogen-bond acceptors (Lipinski definition) is 5. The zero-order valence-corrected chi connectivity index (χ0v) is 12.6. The standard InChI is InChI=1S/C17H16FNO4/c1-17(16(22)23-2)14-12(21)8-7-11(20)13(14)15(19-17)9-3-5-10(18)6-4-9/h3-8,15,19-21H,1-2H3/t15-,17-/m0/s1. The van der Waals surface area contributed by atoms with Gasteiger partial charge in [-0.2, -0.15) is 0 Å². The lowest BCUT2D eigenvalue weighted by molar-refractivity contribution is -0.148. The van der Waals surface area contributed by atoms with E-state index in [-0.39, 0.29) is 22.9 Å². The third-order valence-electron chi connectivity index (χ3n) is 4.22. The van der Waals surface area contributed by atoms with Crippen LogP contribution in [0.3, 0.4) is 0 Å². The minimum atomic E-state index is -1.33. The van der Waals surface area contributed by atoms with Crippen molar-refractivity contribution in [1.29, 1.82) is 0 Å². The van der Waals surface area contributed by atoms with E-state index in [0.717, 1.165) is 0 Å². The molecule has 3 rings (SSSR count). The van der Waals surface area contributed by atoms with Gasteiger partial charge in [0, 0.05) is 11.1 Å². The summed E-state index contributed by atoms with van der Waals surface area (Å²) in [6.45, 7) is 1.57. The summed E-state index contributed by atoms with van der Waals surface area (Å²) in [6.07, 6.45) is 0. The van der Waals surface area contributed by atoms with Crippen molar-refractivity contribution in [2.45, 2.75) is 18.5 Å². The van der Waals surface area contributed by atoms with Gasteiger partial charge in [0.2, 0.25) is 0 Å². The van der Waals surface area contributed by atoms with Gasteiger partial charge in [0.1, 0.15) is 22.9 Å². The molecule has 0 fully saturated rings. The third kappa shape index (κ3) is 2.22. The van der Waals surface area contributed by atoms with Gasteiger partial charge in [-0.3, -0.25) is 5.32 Å². The normalized spacial score (nSPS) is 22.7. The Hall–Kier alpha value is -2.60. The summed E-state index contributed by atoms with van der Waals surface area (Å²) >= 11 is 0. The second kappa shape index (κ2) is 5.24. The van der Waals surface area contributed by atoms with Gasteiger partial charge in [0.25, 0.3) is 0 Å². The number of benzene rings is 2. The third-order valence-corrected chi connectivity index (χ3v) is 4.22. The molecule has 0 radical (unpaired) electrons. The van der Waals surface area contributed by atoms with Crippen LogP contribution in [0.5, 0.6) is 11.5 Å². The Bertz CT molecular complexity index is 775. The summed E-state index contributed by atoms with van der Waals surface area (Å²) in [5.41, 5.74) is -0.0317. The van der Waals surface area contributed by atoms with E-state index in [9.17, 15) is 19.4 Å². The van der Waals surface area contributed by atoms with Crippen molar-refractivity contribution in [1.82, 2.24) is 5.32 Å². The molecule has 0 aromatic heterocycles. The van der Waals surface area contributed by atoms with Gasteiger partial charge in [-0.1, -0.05) is 12.1 Å². The Balaban J connectivity index is 2.22. The van der Waals surface area contributed by atoms with Crippen LogP contribution in [-0.4, -0.2) is 23.3 Å². The minimum absolute atomic E-state index is 0.0627. The number of halogens is 1. The first-order valence-electron chi connectivity index (χ1n) is 7.05. The molecule has 0 spiro atoms. The molecule has 6 heteroatoms. The van der Waals surface area contributed by atoms with Crippen molar-refractivity contribution in [3.8, 4) is 11.5 Å². The van der Waals surface area contributed by atoms with Crippen LogP contribution in [0, 0.1) is 5.82 Å². The summed E-state index contributed by atoms with van der Waals surface area (Å²) in [5, 5.41) is 23.6. The molecule has 0 saturated heterocycles. The maximum absolute atomic E-state index is 13.2. The highest BCUT2D eigenvalue weighted by atomic mass is 19.1. The Morgan fingerprint density at radius 3 is 2.39 bits per heavy atom. The van der Waals surface area contributed by atoms with E-state index >= 15 is 0 Å². The summed E-state index contributed by atoms with van der Waals surface area (Å²) in [4.78, 5) is 12.3. The van der Waals surface area contributed by atoms with E-state index in [1.165, 1.54) is 31.4 Å². The fraction of sp³-hybridized carbons (Fsp3) is 0.235. The van der Waals surface area contributed by atoms with E-state index in [4.69, 9.17) is 4.74 Å². The number of fused-ring (bicyclic) bond motifs is 1. The predicted octanol–water partition coefficient (Wildman–Crippen LogP) is 2.32. The van der Waals surface area contributed by atoms with E-state index in [2.05, 4.69) is 5.32 Å². The monoisotopic (exact) mass is 317 g/mol. The summed E-state index contributed by atoms with van der Waals surface area (Å²) in [7, 11) is 1.25. The fourth-order valence-corrected chi connectivity index (χ4v) is 3.12. The molecule has 2 atom stereocenters. The van der Waals surface area contributed by atoms with Crippen LogP contribution in [0.15, 0.2) is 36.4 Å². The SMILES string of the molecule is COC(=O)[C@@]1(C)N[C@@H](c2ccc(F)cc2)c2c(O)ccc(O)c21. The molecule has 2 aromatic rings. The number of esters is 1. The molecular formula is C17H16FNO4. The highest BCUT2D eigenvalue weighted by molar-refractivity contribution is 5.86. The summed E-state index contributed by atoms with van der Waals surface area (Å²) < 4.78 is 18.0. The Morgan fingerprint density at radius 2 is 1.78 bits per heavy atom. The molecular weight excluding hydrogens is 301 g/mol. The van der Waals surface area contributed by atoms with Gasteiger partial charge in [0.15, 0.2) is 0 Å². The molecule has 1 aliphatic heterocycles. The van der Waals surface area contributed by atoms with E-state index in [0.29, 0.717) is 11.1 Å². The maximum atomic E-state index is 13.2. The van der Waals surface area contributed by atoms with E-state index in [1.54, 1.807) is 19.1 Å². The van der Waals surface area contributed by atoms with Crippen LogP contribution >= 0.6 is 0 Å². The number of methoxy groups -OCH3 is 1. The van der Waals surface area contributed by atoms with Crippen molar-refractivity contribution in [2.24, 2.45) is 0 Å². The lowest BCUT2D eigenvalue weighted by Gasteiger charge is -2.24. The average molecular weight is 317 g/mol. The molecule has 1 heterocycles. The number of ether oxygens (including phenoxy) is 1. The van der Waals surface area contributed by atoms with Crippen LogP contribution < -0.4 is 5.32 Å². The quantitative estimate of drug-likeness (QED) is 0.585. The van der Waals surface area contributed by atoms with Crippen molar-refractivity contribution in [3.05, 3.63) is 58.9 Å². The predicted molar refractivity (Wildman–Crippen MR) is 80.5 cm³/mol. The molecule has 120 valence electrons. The molecule has 0 unspecified atom stereocenters. The number of phenols is 2. The van der Waals surface area contributed by atoms with Crippen LogP contribution in [0.1, 0.15) is 29.7 Å². The van der Waals surface area contributed by atoms with E-state index < -0.39 is 17.6 Å².